The fraction of sp³-hybridized carbons (Fsp3) is 0.643. The molecule has 0 fully saturated rings. The molecule has 0 rings (SSSR count). The molecule has 0 radical (unpaired) electrons. The van der Waals surface area contributed by atoms with Gasteiger partial charge in [-0.05, 0) is 0 Å². The Bertz CT molecular complexity index is 486. The Labute approximate surface area is 138 Å². The second-order valence-electron chi connectivity index (χ2n) is 4.69. The lowest BCUT2D eigenvalue weighted by Crippen LogP contribution is -2.53. The molecule has 24 heavy (non-hydrogen) atoms. The van der Waals surface area contributed by atoms with Crippen molar-refractivity contribution in [3.05, 3.63) is 0 Å². The molecule has 0 unspecified atom stereocenters. The normalized spacial score (nSPS) is 15.2. The summed E-state index contributed by atoms with van der Waals surface area (Å²) in [6.07, 6.45) is -6.12. The van der Waals surface area contributed by atoms with Crippen LogP contribution in [0.5, 0.6) is 0 Å². The molecule has 0 aliphatic heterocycles. The fourth-order valence-electron chi connectivity index (χ4n) is 1.84. The number of hydrogen-bond acceptors (Lipinski definition) is 10. The van der Waals surface area contributed by atoms with Crippen LogP contribution in [-0.4, -0.2) is 66.3 Å². The van der Waals surface area contributed by atoms with E-state index in [-0.39, 0.29) is 6.29 Å². The van der Waals surface area contributed by atoms with Gasteiger partial charge in [-0.1, -0.05) is 0 Å². The van der Waals surface area contributed by atoms with E-state index in [1.807, 2.05) is 0 Å². The Morgan fingerprint density at radius 3 is 1.54 bits per heavy atom. The first kappa shape index (κ1) is 21.5. The maximum atomic E-state index is 11.3. The van der Waals surface area contributed by atoms with Gasteiger partial charge in [0.15, 0.2) is 30.7 Å². The number of carbonyl (C=O) groups is 5. The first-order chi connectivity index (χ1) is 11.1. The van der Waals surface area contributed by atoms with E-state index in [4.69, 9.17) is 18.9 Å². The highest BCUT2D eigenvalue weighted by atomic mass is 16.6. The molecule has 1 N–H and O–H groups in total. The van der Waals surface area contributed by atoms with Crippen molar-refractivity contribution in [1.82, 2.24) is 0 Å². The summed E-state index contributed by atoms with van der Waals surface area (Å²) < 4.78 is 19.4. The van der Waals surface area contributed by atoms with E-state index in [2.05, 4.69) is 0 Å². The lowest BCUT2D eigenvalue weighted by molar-refractivity contribution is -0.199. The zero-order valence-corrected chi connectivity index (χ0v) is 13.7. The molecule has 0 amide bonds. The first-order valence-electron chi connectivity index (χ1n) is 6.87. The third-order valence-corrected chi connectivity index (χ3v) is 2.55. The van der Waals surface area contributed by atoms with Crippen molar-refractivity contribution < 1.29 is 48.0 Å². The second kappa shape index (κ2) is 10.3. The molecule has 0 aromatic heterocycles. The molecule has 0 saturated carbocycles. The Balaban J connectivity index is 5.79. The molecular weight excluding hydrogens is 328 g/mol. The molecule has 0 saturated heterocycles. The van der Waals surface area contributed by atoms with Crippen LogP contribution in [0.25, 0.3) is 0 Å². The van der Waals surface area contributed by atoms with Crippen LogP contribution >= 0.6 is 0 Å². The quantitative estimate of drug-likeness (QED) is 0.310. The van der Waals surface area contributed by atoms with Crippen LogP contribution in [-0.2, 0) is 42.9 Å². The van der Waals surface area contributed by atoms with Crippen molar-refractivity contribution in [2.45, 2.75) is 52.1 Å². The highest BCUT2D eigenvalue weighted by Crippen LogP contribution is 2.18. The van der Waals surface area contributed by atoms with Crippen molar-refractivity contribution >= 4 is 30.2 Å². The Morgan fingerprint density at radius 1 is 0.792 bits per heavy atom. The minimum absolute atomic E-state index is 0.160. The van der Waals surface area contributed by atoms with Crippen molar-refractivity contribution in [2.75, 3.05) is 6.61 Å². The molecule has 0 aromatic rings. The van der Waals surface area contributed by atoms with Gasteiger partial charge in [0.2, 0.25) is 0 Å². The van der Waals surface area contributed by atoms with Crippen LogP contribution in [0.4, 0.5) is 0 Å². The molecule has 0 bridgehead atoms. The average molecular weight is 348 g/mol. The smallest absolute Gasteiger partial charge is 0.303 e. The van der Waals surface area contributed by atoms with Crippen LogP contribution in [0.2, 0.25) is 0 Å². The van der Waals surface area contributed by atoms with Crippen molar-refractivity contribution in [3.63, 3.8) is 0 Å². The third kappa shape index (κ3) is 7.68. The van der Waals surface area contributed by atoms with Crippen molar-refractivity contribution in [1.29, 1.82) is 0 Å². The standard InChI is InChI=1S/C14H20O10/c1-7(17)21-11(5-15)13(23-9(3)19)14(24-10(4)20)12(6-16)22-8(2)18/h5,11-14,16H,6H2,1-4H3/t11-,12+,13+,14+/m0/s1. The number of aliphatic hydroxyl groups is 1. The first-order valence-corrected chi connectivity index (χ1v) is 6.87. The van der Waals surface area contributed by atoms with Crippen molar-refractivity contribution in [2.24, 2.45) is 0 Å². The molecule has 10 heteroatoms. The summed E-state index contributed by atoms with van der Waals surface area (Å²) in [5.41, 5.74) is 0. The maximum Gasteiger partial charge on any atom is 0.303 e. The molecule has 4 atom stereocenters. The van der Waals surface area contributed by atoms with Crippen molar-refractivity contribution in [3.8, 4) is 0 Å². The summed E-state index contributed by atoms with van der Waals surface area (Å²) >= 11 is 0. The van der Waals surface area contributed by atoms with Crippen LogP contribution in [0.3, 0.4) is 0 Å². The average Bonchev–Trinajstić information content (AvgIpc) is 2.45. The van der Waals surface area contributed by atoms with E-state index >= 15 is 0 Å². The number of rotatable bonds is 9. The summed E-state index contributed by atoms with van der Waals surface area (Å²) in [5, 5.41) is 9.37. The minimum atomic E-state index is -1.64. The van der Waals surface area contributed by atoms with Gasteiger partial charge in [-0.2, -0.15) is 0 Å². The van der Waals surface area contributed by atoms with Crippen LogP contribution in [0.1, 0.15) is 27.7 Å². The highest BCUT2D eigenvalue weighted by molar-refractivity contribution is 5.72. The van der Waals surface area contributed by atoms with Crippen LogP contribution in [0.15, 0.2) is 0 Å². The lowest BCUT2D eigenvalue weighted by atomic mass is 10.0. The molecule has 0 spiro atoms. The molecule has 0 heterocycles. The topological polar surface area (TPSA) is 142 Å². The Morgan fingerprint density at radius 2 is 1.21 bits per heavy atom. The molecule has 0 aromatic carbocycles. The summed E-state index contributed by atoms with van der Waals surface area (Å²) in [6, 6.07) is 0. The predicted molar refractivity (Wildman–Crippen MR) is 75.4 cm³/mol. The van der Waals surface area contributed by atoms with E-state index < -0.39 is 54.9 Å². The number of aliphatic hydroxyl groups excluding tert-OH is 1. The van der Waals surface area contributed by atoms with E-state index in [1.165, 1.54) is 0 Å². The lowest BCUT2D eigenvalue weighted by Gasteiger charge is -2.33. The summed E-state index contributed by atoms with van der Waals surface area (Å²) in [5.74, 6) is -3.42. The molecule has 0 aliphatic rings. The van der Waals surface area contributed by atoms with E-state index in [0.717, 1.165) is 27.7 Å². The van der Waals surface area contributed by atoms with Gasteiger partial charge in [-0.3, -0.25) is 24.0 Å². The molecule has 0 aliphatic carbocycles. The van der Waals surface area contributed by atoms with Gasteiger partial charge in [0.05, 0.1) is 6.61 Å². The van der Waals surface area contributed by atoms with Gasteiger partial charge in [0.25, 0.3) is 0 Å². The Hall–Kier alpha value is -2.49. The van der Waals surface area contributed by atoms with Gasteiger partial charge in [0.1, 0.15) is 0 Å². The highest BCUT2D eigenvalue weighted by Gasteiger charge is 2.43. The second-order valence-corrected chi connectivity index (χ2v) is 4.69. The molecule has 136 valence electrons. The molecular formula is C14H20O10. The minimum Gasteiger partial charge on any atom is -0.456 e. The summed E-state index contributed by atoms with van der Waals surface area (Å²) in [7, 11) is 0. The summed E-state index contributed by atoms with van der Waals surface area (Å²) in [4.78, 5) is 56.0. The largest absolute Gasteiger partial charge is 0.456 e. The predicted octanol–water partition coefficient (Wildman–Crippen LogP) is -1.10. The van der Waals surface area contributed by atoms with E-state index in [9.17, 15) is 29.1 Å². The number of esters is 4. The monoisotopic (exact) mass is 348 g/mol. The van der Waals surface area contributed by atoms with Gasteiger partial charge >= 0.3 is 23.9 Å². The molecule has 10 nitrogen and oxygen atoms in total. The Kier molecular flexibility index (Phi) is 9.25. The number of carbonyl (C=O) groups excluding carboxylic acids is 5. The maximum absolute atomic E-state index is 11.3. The zero-order valence-electron chi connectivity index (χ0n) is 13.7. The van der Waals surface area contributed by atoms with Gasteiger partial charge < -0.3 is 24.1 Å². The van der Waals surface area contributed by atoms with Gasteiger partial charge in [-0.25, -0.2) is 0 Å². The zero-order chi connectivity index (χ0) is 18.9. The number of aldehydes is 1. The van der Waals surface area contributed by atoms with Crippen LogP contribution < -0.4 is 0 Å². The van der Waals surface area contributed by atoms with Gasteiger partial charge in [-0.15, -0.1) is 0 Å². The number of hydrogen-bond donors (Lipinski definition) is 1. The number of ether oxygens (including phenoxy) is 4. The fourth-order valence-corrected chi connectivity index (χ4v) is 1.84. The van der Waals surface area contributed by atoms with E-state index in [0.29, 0.717) is 0 Å². The van der Waals surface area contributed by atoms with E-state index in [1.54, 1.807) is 0 Å². The SMILES string of the molecule is CC(=O)O[C@@H]([C@H](OC(C)=O)[C@@H](CO)OC(C)=O)[C@H](C=O)OC(C)=O. The third-order valence-electron chi connectivity index (χ3n) is 2.55. The van der Waals surface area contributed by atoms with Crippen LogP contribution in [0, 0.1) is 0 Å². The summed E-state index contributed by atoms with van der Waals surface area (Å²) in [6.45, 7) is 3.27. The van der Waals surface area contributed by atoms with Gasteiger partial charge in [0, 0.05) is 27.7 Å².